The maximum Gasteiger partial charge on any atom is 0.416 e. The Morgan fingerprint density at radius 1 is 1.08 bits per heavy atom. The number of nitrogens with zero attached hydrogens (tertiary/aromatic N) is 1. The van der Waals surface area contributed by atoms with Crippen molar-refractivity contribution in [3.8, 4) is 0 Å². The van der Waals surface area contributed by atoms with Crippen molar-refractivity contribution in [2.24, 2.45) is 0 Å². The summed E-state index contributed by atoms with van der Waals surface area (Å²) in [5.41, 5.74) is 0.483. The molecular formula is C19H20F3NO. The molecule has 0 aliphatic carbocycles. The molecule has 0 bridgehead atoms. The molecule has 2 nitrogen and oxygen atoms in total. The van der Waals surface area contributed by atoms with Gasteiger partial charge in [-0.25, -0.2) is 0 Å². The Balaban J connectivity index is 2.15. The van der Waals surface area contributed by atoms with Crippen LogP contribution in [0.3, 0.4) is 0 Å². The van der Waals surface area contributed by atoms with Gasteiger partial charge in [-0.15, -0.1) is 0 Å². The first-order valence-corrected chi connectivity index (χ1v) is 7.85. The summed E-state index contributed by atoms with van der Waals surface area (Å²) in [4.78, 5) is 14.3. The highest BCUT2D eigenvalue weighted by Gasteiger charge is 2.30. The molecule has 0 saturated carbocycles. The molecule has 0 fully saturated rings. The number of halogens is 3. The van der Waals surface area contributed by atoms with Gasteiger partial charge in [0.1, 0.15) is 0 Å². The van der Waals surface area contributed by atoms with Crippen molar-refractivity contribution in [2.75, 3.05) is 6.54 Å². The molecule has 0 radical (unpaired) electrons. The second kappa shape index (κ2) is 7.51. The van der Waals surface area contributed by atoms with E-state index in [1.807, 2.05) is 19.9 Å². The first kappa shape index (κ1) is 18.0. The van der Waals surface area contributed by atoms with Gasteiger partial charge in [0.25, 0.3) is 5.91 Å². The molecule has 128 valence electrons. The predicted octanol–water partition coefficient (Wildman–Crippen LogP) is 4.80. The number of amides is 1. The van der Waals surface area contributed by atoms with E-state index < -0.39 is 11.7 Å². The number of hydrogen-bond acceptors (Lipinski definition) is 1. The van der Waals surface area contributed by atoms with Crippen molar-refractivity contribution in [3.05, 3.63) is 71.3 Å². The molecule has 0 aliphatic heterocycles. The molecule has 5 heteroatoms. The van der Waals surface area contributed by atoms with Crippen LogP contribution >= 0.6 is 0 Å². The van der Waals surface area contributed by atoms with E-state index in [-0.39, 0.29) is 11.9 Å². The number of rotatable bonds is 5. The molecule has 2 aromatic rings. The zero-order valence-corrected chi connectivity index (χ0v) is 13.7. The first-order chi connectivity index (χ1) is 11.3. The maximum absolute atomic E-state index is 12.8. The molecular weight excluding hydrogens is 315 g/mol. The Morgan fingerprint density at radius 2 is 1.75 bits per heavy atom. The van der Waals surface area contributed by atoms with Crippen LogP contribution in [0.1, 0.15) is 35.3 Å². The van der Waals surface area contributed by atoms with Gasteiger partial charge < -0.3 is 4.90 Å². The minimum Gasteiger partial charge on any atom is -0.336 e. The van der Waals surface area contributed by atoms with Crippen molar-refractivity contribution in [3.63, 3.8) is 0 Å². The van der Waals surface area contributed by atoms with Gasteiger partial charge in [-0.1, -0.05) is 36.4 Å². The van der Waals surface area contributed by atoms with E-state index in [9.17, 15) is 18.0 Å². The zero-order chi connectivity index (χ0) is 17.7. The lowest BCUT2D eigenvalue weighted by Gasteiger charge is -2.28. The van der Waals surface area contributed by atoms with Gasteiger partial charge in [-0.2, -0.15) is 13.2 Å². The fourth-order valence-corrected chi connectivity index (χ4v) is 2.73. The molecule has 2 aromatic carbocycles. The fourth-order valence-electron chi connectivity index (χ4n) is 2.73. The number of carbonyl (C=O) groups is 1. The first-order valence-electron chi connectivity index (χ1n) is 7.85. The fraction of sp³-hybridized carbons (Fsp3) is 0.316. The van der Waals surface area contributed by atoms with Crippen molar-refractivity contribution in [1.29, 1.82) is 0 Å². The van der Waals surface area contributed by atoms with Crippen molar-refractivity contribution < 1.29 is 18.0 Å². The average Bonchev–Trinajstić information content (AvgIpc) is 2.55. The molecule has 0 aliphatic rings. The summed E-state index contributed by atoms with van der Waals surface area (Å²) >= 11 is 0. The summed E-state index contributed by atoms with van der Waals surface area (Å²) in [7, 11) is 0. The SMILES string of the molecule is CCN(C(=O)c1ccccc1)[C@H](C)Cc1cccc(C(F)(F)F)c1. The predicted molar refractivity (Wildman–Crippen MR) is 87.8 cm³/mol. The quantitative estimate of drug-likeness (QED) is 0.769. The number of benzene rings is 2. The van der Waals surface area contributed by atoms with Crippen LogP contribution in [0.4, 0.5) is 13.2 Å². The van der Waals surface area contributed by atoms with E-state index in [0.717, 1.165) is 12.1 Å². The van der Waals surface area contributed by atoms with Gasteiger partial charge >= 0.3 is 6.18 Å². The monoisotopic (exact) mass is 335 g/mol. The highest BCUT2D eigenvalue weighted by molar-refractivity contribution is 5.94. The highest BCUT2D eigenvalue weighted by atomic mass is 19.4. The lowest BCUT2D eigenvalue weighted by molar-refractivity contribution is -0.137. The minimum atomic E-state index is -4.36. The average molecular weight is 335 g/mol. The summed E-state index contributed by atoms with van der Waals surface area (Å²) in [6.45, 7) is 4.21. The van der Waals surface area contributed by atoms with Gasteiger partial charge in [-0.3, -0.25) is 4.79 Å². The summed E-state index contributed by atoms with van der Waals surface area (Å²) < 4.78 is 38.4. The molecule has 0 saturated heterocycles. The number of likely N-dealkylation sites (N-methyl/N-ethyl adjacent to an activating group) is 1. The van der Waals surface area contributed by atoms with Crippen LogP contribution in [0.15, 0.2) is 54.6 Å². The molecule has 0 N–H and O–H groups in total. The van der Waals surface area contributed by atoms with Crippen molar-refractivity contribution in [1.82, 2.24) is 4.90 Å². The summed E-state index contributed by atoms with van der Waals surface area (Å²) in [5, 5.41) is 0. The summed E-state index contributed by atoms with van der Waals surface area (Å²) in [6, 6.07) is 14.0. The van der Waals surface area contributed by atoms with Gasteiger partial charge in [0.05, 0.1) is 5.56 Å². The van der Waals surface area contributed by atoms with Gasteiger partial charge in [0, 0.05) is 18.2 Å². The van der Waals surface area contributed by atoms with E-state index in [4.69, 9.17) is 0 Å². The topological polar surface area (TPSA) is 20.3 Å². The van der Waals surface area contributed by atoms with Gasteiger partial charge in [-0.05, 0) is 44.0 Å². The lowest BCUT2D eigenvalue weighted by Crippen LogP contribution is -2.39. The van der Waals surface area contributed by atoms with Crippen LogP contribution in [0, 0.1) is 0 Å². The molecule has 24 heavy (non-hydrogen) atoms. The molecule has 0 heterocycles. The largest absolute Gasteiger partial charge is 0.416 e. The maximum atomic E-state index is 12.8. The number of carbonyl (C=O) groups excluding carboxylic acids is 1. The smallest absolute Gasteiger partial charge is 0.336 e. The lowest BCUT2D eigenvalue weighted by atomic mass is 10.0. The molecule has 1 amide bonds. The third kappa shape index (κ3) is 4.37. The second-order valence-corrected chi connectivity index (χ2v) is 5.71. The van der Waals surface area contributed by atoms with Crippen LogP contribution in [0.2, 0.25) is 0 Å². The van der Waals surface area contributed by atoms with Crippen LogP contribution in [0.5, 0.6) is 0 Å². The van der Waals surface area contributed by atoms with E-state index in [2.05, 4.69) is 0 Å². The van der Waals surface area contributed by atoms with Crippen molar-refractivity contribution in [2.45, 2.75) is 32.5 Å². The third-order valence-corrected chi connectivity index (χ3v) is 3.94. The minimum absolute atomic E-state index is 0.113. The Bertz CT molecular complexity index is 683. The molecule has 0 unspecified atom stereocenters. The van der Waals surface area contributed by atoms with E-state index >= 15 is 0 Å². The van der Waals surface area contributed by atoms with Gasteiger partial charge in [0.15, 0.2) is 0 Å². The Morgan fingerprint density at radius 3 is 2.33 bits per heavy atom. The third-order valence-electron chi connectivity index (χ3n) is 3.94. The summed E-state index contributed by atoms with van der Waals surface area (Å²) in [6.07, 6.45) is -3.99. The molecule has 0 aromatic heterocycles. The van der Waals surface area contributed by atoms with Crippen LogP contribution < -0.4 is 0 Å². The van der Waals surface area contributed by atoms with Crippen LogP contribution in [0.25, 0.3) is 0 Å². The zero-order valence-electron chi connectivity index (χ0n) is 13.7. The summed E-state index contributed by atoms with van der Waals surface area (Å²) in [5.74, 6) is -0.113. The molecule has 2 rings (SSSR count). The van der Waals surface area contributed by atoms with Crippen molar-refractivity contribution >= 4 is 5.91 Å². The number of alkyl halides is 3. The Kier molecular flexibility index (Phi) is 5.65. The highest BCUT2D eigenvalue weighted by Crippen LogP contribution is 2.30. The van der Waals surface area contributed by atoms with Crippen LogP contribution in [-0.2, 0) is 12.6 Å². The normalized spacial score (nSPS) is 12.7. The number of hydrogen-bond donors (Lipinski definition) is 0. The second-order valence-electron chi connectivity index (χ2n) is 5.71. The Hall–Kier alpha value is -2.30. The van der Waals surface area contributed by atoms with Crippen LogP contribution in [-0.4, -0.2) is 23.4 Å². The Labute approximate surface area is 139 Å². The van der Waals surface area contributed by atoms with E-state index in [1.54, 1.807) is 35.2 Å². The van der Waals surface area contributed by atoms with E-state index in [0.29, 0.717) is 24.1 Å². The van der Waals surface area contributed by atoms with E-state index in [1.165, 1.54) is 6.07 Å². The van der Waals surface area contributed by atoms with Gasteiger partial charge in [0.2, 0.25) is 0 Å². The standard InChI is InChI=1S/C19H20F3NO/c1-3-23(18(24)16-9-5-4-6-10-16)14(2)12-15-8-7-11-17(13-15)19(20,21)22/h4-11,13-14H,3,12H2,1-2H3/t14-/m1/s1. The molecule has 0 spiro atoms. The molecule has 1 atom stereocenters.